The van der Waals surface area contributed by atoms with Crippen LogP contribution in [0.3, 0.4) is 0 Å². The summed E-state index contributed by atoms with van der Waals surface area (Å²) in [6, 6.07) is 10.5. The molecule has 1 saturated carbocycles. The van der Waals surface area contributed by atoms with Crippen LogP contribution in [0.2, 0.25) is 0 Å². The average molecular weight is 252 g/mol. The lowest BCUT2D eigenvalue weighted by atomic mass is 9.77. The van der Waals surface area contributed by atoms with Crippen molar-refractivity contribution in [1.29, 1.82) is 0 Å². The van der Waals surface area contributed by atoms with Crippen molar-refractivity contribution in [2.45, 2.75) is 39.0 Å². The smallest absolute Gasteiger partial charge is 0.150 e. The molecule has 0 atom stereocenters. The molecule has 3 rings (SSSR count). The molecule has 0 saturated heterocycles. The van der Waals surface area contributed by atoms with Gasteiger partial charge in [0.2, 0.25) is 0 Å². The van der Waals surface area contributed by atoms with Crippen LogP contribution in [-0.2, 0) is 4.79 Å². The van der Waals surface area contributed by atoms with Crippen LogP contribution in [0, 0.1) is 5.41 Å². The molecule has 0 aliphatic heterocycles. The van der Waals surface area contributed by atoms with Crippen molar-refractivity contribution in [3.05, 3.63) is 53.1 Å². The molecule has 0 unspecified atom stereocenters. The van der Waals surface area contributed by atoms with Crippen molar-refractivity contribution in [2.24, 2.45) is 5.41 Å². The first-order chi connectivity index (χ1) is 9.30. The fourth-order valence-corrected chi connectivity index (χ4v) is 3.79. The van der Waals surface area contributed by atoms with Crippen LogP contribution in [0.1, 0.15) is 44.6 Å². The molecule has 0 bridgehead atoms. The highest BCUT2D eigenvalue weighted by atomic mass is 16.1. The number of aldehydes is 1. The third-order valence-corrected chi connectivity index (χ3v) is 4.62. The third-order valence-electron chi connectivity index (χ3n) is 4.62. The zero-order chi connectivity index (χ0) is 13.3. The van der Waals surface area contributed by atoms with Gasteiger partial charge in [0.15, 0.2) is 6.29 Å². The van der Waals surface area contributed by atoms with Gasteiger partial charge in [0.1, 0.15) is 0 Å². The van der Waals surface area contributed by atoms with E-state index in [4.69, 9.17) is 0 Å². The minimum atomic E-state index is 0.142. The topological polar surface area (TPSA) is 17.1 Å². The Kier molecular flexibility index (Phi) is 3.14. The summed E-state index contributed by atoms with van der Waals surface area (Å²) in [6.07, 6.45) is 9.35. The number of hydrogen-bond donors (Lipinski definition) is 0. The Balaban J connectivity index is 2.19. The second-order valence-electron chi connectivity index (χ2n) is 5.66. The molecule has 1 spiro atoms. The molecule has 1 heteroatoms. The summed E-state index contributed by atoms with van der Waals surface area (Å²) in [4.78, 5) is 11.6. The van der Waals surface area contributed by atoms with Crippen LogP contribution in [-0.4, -0.2) is 6.29 Å². The third kappa shape index (κ3) is 1.88. The molecule has 1 nitrogen and oxygen atoms in total. The van der Waals surface area contributed by atoms with Crippen LogP contribution < -0.4 is 0 Å². The second kappa shape index (κ2) is 4.80. The van der Waals surface area contributed by atoms with Gasteiger partial charge in [0.05, 0.1) is 0 Å². The molecular weight excluding hydrogens is 232 g/mol. The summed E-state index contributed by atoms with van der Waals surface area (Å²) < 4.78 is 0. The van der Waals surface area contributed by atoms with E-state index in [1.165, 1.54) is 42.4 Å². The molecule has 0 radical (unpaired) electrons. The van der Waals surface area contributed by atoms with Crippen molar-refractivity contribution in [1.82, 2.24) is 0 Å². The highest BCUT2D eigenvalue weighted by molar-refractivity contribution is 5.98. The van der Waals surface area contributed by atoms with Crippen LogP contribution in [0.25, 0.3) is 5.57 Å². The number of hydrogen-bond acceptors (Lipinski definition) is 1. The van der Waals surface area contributed by atoms with Crippen molar-refractivity contribution in [3.8, 4) is 0 Å². The lowest BCUT2D eigenvalue weighted by Gasteiger charge is -2.26. The van der Waals surface area contributed by atoms with E-state index in [1.807, 2.05) is 6.07 Å². The monoisotopic (exact) mass is 252 g/mol. The molecule has 98 valence electrons. The Hall–Kier alpha value is -1.63. The van der Waals surface area contributed by atoms with Crippen molar-refractivity contribution in [2.75, 3.05) is 0 Å². The number of benzene rings is 1. The van der Waals surface area contributed by atoms with E-state index >= 15 is 0 Å². The van der Waals surface area contributed by atoms with Crippen molar-refractivity contribution in [3.63, 3.8) is 0 Å². The molecule has 0 heterocycles. The van der Waals surface area contributed by atoms with Gasteiger partial charge in [0.25, 0.3) is 0 Å². The van der Waals surface area contributed by atoms with Gasteiger partial charge < -0.3 is 0 Å². The largest absolute Gasteiger partial charge is 0.298 e. The summed E-state index contributed by atoms with van der Waals surface area (Å²) in [6.45, 7) is 2.14. The first-order valence-corrected chi connectivity index (χ1v) is 7.28. The van der Waals surface area contributed by atoms with Crippen LogP contribution in [0.15, 0.2) is 47.6 Å². The van der Waals surface area contributed by atoms with Gasteiger partial charge in [-0.1, -0.05) is 56.2 Å². The van der Waals surface area contributed by atoms with Gasteiger partial charge >= 0.3 is 0 Å². The molecule has 1 fully saturated rings. The Morgan fingerprint density at radius 1 is 1.16 bits per heavy atom. The van der Waals surface area contributed by atoms with Crippen molar-refractivity contribution >= 4 is 11.9 Å². The maximum Gasteiger partial charge on any atom is 0.150 e. The van der Waals surface area contributed by atoms with Crippen LogP contribution in [0.4, 0.5) is 0 Å². The minimum absolute atomic E-state index is 0.142. The Labute approximate surface area is 115 Å². The first-order valence-electron chi connectivity index (χ1n) is 7.28. The minimum Gasteiger partial charge on any atom is -0.298 e. The molecular formula is C18H20O. The zero-order valence-corrected chi connectivity index (χ0v) is 11.5. The number of carbonyl (C=O) groups excluding carboxylic acids is 1. The summed E-state index contributed by atoms with van der Waals surface area (Å²) in [5.41, 5.74) is 4.86. The van der Waals surface area contributed by atoms with Gasteiger partial charge in [-0.15, -0.1) is 0 Å². The van der Waals surface area contributed by atoms with E-state index < -0.39 is 0 Å². The van der Waals surface area contributed by atoms with E-state index in [9.17, 15) is 4.79 Å². The lowest BCUT2D eigenvalue weighted by Crippen LogP contribution is -2.13. The van der Waals surface area contributed by atoms with E-state index in [-0.39, 0.29) is 5.41 Å². The summed E-state index contributed by atoms with van der Waals surface area (Å²) >= 11 is 0. The predicted octanol–water partition coefficient (Wildman–Crippen LogP) is 4.55. The van der Waals surface area contributed by atoms with Gasteiger partial charge in [-0.3, -0.25) is 4.79 Å². The zero-order valence-electron chi connectivity index (χ0n) is 11.5. The molecule has 1 aromatic carbocycles. The predicted molar refractivity (Wildman–Crippen MR) is 78.7 cm³/mol. The van der Waals surface area contributed by atoms with Crippen molar-refractivity contribution < 1.29 is 4.79 Å². The summed E-state index contributed by atoms with van der Waals surface area (Å²) in [5.74, 6) is 0. The molecule has 0 aromatic heterocycles. The average Bonchev–Trinajstić information content (AvgIpc) is 3.05. The first kappa shape index (κ1) is 12.4. The molecule has 2 aliphatic carbocycles. The van der Waals surface area contributed by atoms with Gasteiger partial charge in [-0.2, -0.15) is 0 Å². The molecule has 19 heavy (non-hydrogen) atoms. The highest BCUT2D eigenvalue weighted by Crippen LogP contribution is 2.56. The standard InChI is InChI=1S/C18H20O/c1-2-14-12-18(10-6-7-11-18)17(16(14)13-19)15-8-4-3-5-9-15/h3-5,8-9,12-13H,2,6-7,10-11H2,1H3. The Morgan fingerprint density at radius 3 is 2.42 bits per heavy atom. The summed E-state index contributed by atoms with van der Waals surface area (Å²) in [5, 5.41) is 0. The molecule has 0 amide bonds. The van der Waals surface area contributed by atoms with E-state index in [1.54, 1.807) is 0 Å². The van der Waals surface area contributed by atoms with E-state index in [2.05, 4.69) is 37.3 Å². The number of allylic oxidation sites excluding steroid dienone is 4. The normalized spacial score (nSPS) is 21.0. The molecule has 2 aliphatic rings. The van der Waals surface area contributed by atoms with Crippen LogP contribution >= 0.6 is 0 Å². The molecule has 1 aromatic rings. The van der Waals surface area contributed by atoms with E-state index in [0.29, 0.717) is 0 Å². The quantitative estimate of drug-likeness (QED) is 0.721. The second-order valence-corrected chi connectivity index (χ2v) is 5.66. The van der Waals surface area contributed by atoms with E-state index in [0.717, 1.165) is 18.3 Å². The fraction of sp³-hybridized carbons (Fsp3) is 0.389. The van der Waals surface area contributed by atoms with Gasteiger partial charge in [0, 0.05) is 11.0 Å². The van der Waals surface area contributed by atoms with Gasteiger partial charge in [-0.05, 0) is 36.0 Å². The maximum atomic E-state index is 11.6. The number of carbonyl (C=O) groups is 1. The number of rotatable bonds is 3. The Bertz CT molecular complexity index is 542. The molecule has 0 N–H and O–H groups in total. The summed E-state index contributed by atoms with van der Waals surface area (Å²) in [7, 11) is 0. The SMILES string of the molecule is CCC1=CC2(CCCC2)C(c2ccccc2)=C1C=O. The maximum absolute atomic E-state index is 11.6. The Morgan fingerprint density at radius 2 is 1.84 bits per heavy atom. The highest BCUT2D eigenvalue weighted by Gasteiger charge is 2.42. The fourth-order valence-electron chi connectivity index (χ4n) is 3.79. The van der Waals surface area contributed by atoms with Gasteiger partial charge in [-0.25, -0.2) is 0 Å². The van der Waals surface area contributed by atoms with Crippen LogP contribution in [0.5, 0.6) is 0 Å². The lowest BCUT2D eigenvalue weighted by molar-refractivity contribution is -0.104.